The van der Waals surface area contributed by atoms with Crippen LogP contribution < -0.4 is 10.6 Å². The van der Waals surface area contributed by atoms with Gasteiger partial charge in [-0.25, -0.2) is 4.79 Å². The number of carbonyl (C=O) groups is 2. The van der Waals surface area contributed by atoms with E-state index in [1.807, 2.05) is 30.3 Å². The summed E-state index contributed by atoms with van der Waals surface area (Å²) < 4.78 is 9.20. The van der Waals surface area contributed by atoms with Crippen molar-refractivity contribution < 1.29 is 19.1 Å². The Balaban J connectivity index is 0.00000400. The molecule has 1 rings (SSSR count). The highest BCUT2D eigenvalue weighted by Crippen LogP contribution is 2.01. The molecule has 0 fully saturated rings. The third-order valence-electron chi connectivity index (χ3n) is 2.77. The summed E-state index contributed by atoms with van der Waals surface area (Å²) >= 11 is 0. The summed E-state index contributed by atoms with van der Waals surface area (Å²) in [4.78, 5) is 22.6. The predicted molar refractivity (Wildman–Crippen MR) is 81.4 cm³/mol. The van der Waals surface area contributed by atoms with Gasteiger partial charge in [0.25, 0.3) is 0 Å². The van der Waals surface area contributed by atoms with Crippen molar-refractivity contribution in [3.05, 3.63) is 35.9 Å². The Morgan fingerprint density at radius 1 is 1.14 bits per heavy atom. The average molecular weight is 317 g/mol. The molecule has 118 valence electrons. The maximum absolute atomic E-state index is 11.6. The van der Waals surface area contributed by atoms with Crippen LogP contribution in [-0.2, 0) is 20.8 Å². The molecular formula is C14H21ClN2O4. The van der Waals surface area contributed by atoms with Crippen LogP contribution in [-0.4, -0.2) is 38.9 Å². The molecule has 1 amide bonds. The van der Waals surface area contributed by atoms with Gasteiger partial charge in [0, 0.05) is 13.1 Å². The minimum Gasteiger partial charge on any atom is -0.468 e. The number of hydrogen-bond acceptors (Lipinski definition) is 5. The lowest BCUT2D eigenvalue weighted by Crippen LogP contribution is -2.40. The normalized spacial score (nSPS) is 11.0. The van der Waals surface area contributed by atoms with Crippen LogP contribution in [0.5, 0.6) is 0 Å². The van der Waals surface area contributed by atoms with Gasteiger partial charge in [-0.15, -0.1) is 12.4 Å². The molecule has 0 saturated carbocycles. The molecule has 1 atom stereocenters. The van der Waals surface area contributed by atoms with Crippen LogP contribution in [0.1, 0.15) is 12.0 Å². The summed E-state index contributed by atoms with van der Waals surface area (Å²) in [5.41, 5.74) is 1.07. The number of amides is 1. The van der Waals surface area contributed by atoms with E-state index in [0.29, 0.717) is 19.5 Å². The maximum Gasteiger partial charge on any atom is 0.406 e. The van der Waals surface area contributed by atoms with E-state index in [2.05, 4.69) is 15.4 Å². The van der Waals surface area contributed by atoms with Crippen molar-refractivity contribution in [1.29, 1.82) is 0 Å². The zero-order chi connectivity index (χ0) is 14.8. The molecule has 6 nitrogen and oxygen atoms in total. The molecule has 1 aromatic carbocycles. The third-order valence-corrected chi connectivity index (χ3v) is 2.77. The van der Waals surface area contributed by atoms with E-state index in [1.165, 1.54) is 14.2 Å². The maximum atomic E-state index is 11.6. The van der Waals surface area contributed by atoms with Gasteiger partial charge in [0.1, 0.15) is 6.04 Å². The first-order chi connectivity index (χ1) is 9.67. The first-order valence-corrected chi connectivity index (χ1v) is 6.34. The van der Waals surface area contributed by atoms with Gasteiger partial charge in [-0.05, 0) is 12.0 Å². The van der Waals surface area contributed by atoms with Crippen molar-refractivity contribution in [3.63, 3.8) is 0 Å². The van der Waals surface area contributed by atoms with Crippen molar-refractivity contribution in [1.82, 2.24) is 10.6 Å². The molecule has 21 heavy (non-hydrogen) atoms. The highest BCUT2D eigenvalue weighted by atomic mass is 35.5. The van der Waals surface area contributed by atoms with E-state index < -0.39 is 12.1 Å². The molecule has 0 bridgehead atoms. The number of methoxy groups -OCH3 is 2. The Hall–Kier alpha value is -1.79. The minimum absolute atomic E-state index is 0. The van der Waals surface area contributed by atoms with E-state index in [0.717, 1.165) is 5.56 Å². The summed E-state index contributed by atoms with van der Waals surface area (Å²) in [5, 5.41) is 5.64. The van der Waals surface area contributed by atoms with Crippen LogP contribution in [0.4, 0.5) is 4.79 Å². The number of benzene rings is 1. The Morgan fingerprint density at radius 2 is 1.81 bits per heavy atom. The summed E-state index contributed by atoms with van der Waals surface area (Å²) in [7, 11) is 2.63. The zero-order valence-electron chi connectivity index (χ0n) is 12.1. The van der Waals surface area contributed by atoms with Gasteiger partial charge in [0.05, 0.1) is 14.2 Å². The monoisotopic (exact) mass is 316 g/mol. The van der Waals surface area contributed by atoms with Gasteiger partial charge in [-0.1, -0.05) is 30.3 Å². The summed E-state index contributed by atoms with van der Waals surface area (Å²) in [5.74, 6) is -0.354. The number of halogens is 1. The van der Waals surface area contributed by atoms with Crippen molar-refractivity contribution in [2.24, 2.45) is 0 Å². The number of esters is 1. The molecule has 0 radical (unpaired) electrons. The largest absolute Gasteiger partial charge is 0.468 e. The molecule has 0 aliphatic heterocycles. The Morgan fingerprint density at radius 3 is 2.38 bits per heavy atom. The highest BCUT2D eigenvalue weighted by Gasteiger charge is 2.18. The van der Waals surface area contributed by atoms with Crippen molar-refractivity contribution in [2.45, 2.75) is 19.0 Å². The lowest BCUT2D eigenvalue weighted by molar-refractivity contribution is -0.143. The van der Waals surface area contributed by atoms with Crippen LogP contribution in [0, 0.1) is 0 Å². The van der Waals surface area contributed by atoms with Crippen molar-refractivity contribution >= 4 is 24.5 Å². The Labute approximate surface area is 130 Å². The highest BCUT2D eigenvalue weighted by molar-refractivity contribution is 5.85. The third kappa shape index (κ3) is 7.53. The van der Waals surface area contributed by atoms with E-state index in [4.69, 9.17) is 4.74 Å². The number of carbonyl (C=O) groups excluding carboxylic acids is 2. The second-order valence-electron chi connectivity index (χ2n) is 4.15. The first-order valence-electron chi connectivity index (χ1n) is 6.34. The molecule has 0 spiro atoms. The second kappa shape index (κ2) is 10.9. The van der Waals surface area contributed by atoms with Gasteiger partial charge >= 0.3 is 12.1 Å². The quantitative estimate of drug-likeness (QED) is 0.745. The number of alkyl carbamates (subject to hydrolysis) is 1. The summed E-state index contributed by atoms with van der Waals surface area (Å²) in [6.07, 6.45) is -0.0918. The topological polar surface area (TPSA) is 76.7 Å². The average Bonchev–Trinajstić information content (AvgIpc) is 2.50. The summed E-state index contributed by atoms with van der Waals surface area (Å²) in [6.45, 7) is 0.882. The number of hydrogen-bond donors (Lipinski definition) is 2. The molecule has 0 heterocycles. The zero-order valence-corrected chi connectivity index (χ0v) is 12.9. The van der Waals surface area contributed by atoms with Crippen molar-refractivity contribution in [3.8, 4) is 0 Å². The second-order valence-corrected chi connectivity index (χ2v) is 4.15. The van der Waals surface area contributed by atoms with Gasteiger partial charge in [0.15, 0.2) is 0 Å². The van der Waals surface area contributed by atoms with Gasteiger partial charge in [-0.3, -0.25) is 4.79 Å². The van der Waals surface area contributed by atoms with E-state index in [9.17, 15) is 9.59 Å². The molecule has 7 heteroatoms. The molecule has 1 aromatic rings. The SMILES string of the molecule is COC(=O)NCC[C@H](NCc1ccccc1)C(=O)OC.Cl. The van der Waals surface area contributed by atoms with E-state index >= 15 is 0 Å². The molecule has 0 unspecified atom stereocenters. The smallest absolute Gasteiger partial charge is 0.406 e. The molecule has 0 aliphatic carbocycles. The fourth-order valence-corrected chi connectivity index (χ4v) is 1.67. The number of nitrogens with one attached hydrogen (secondary N) is 2. The number of rotatable bonds is 7. The van der Waals surface area contributed by atoms with Crippen LogP contribution >= 0.6 is 12.4 Å². The standard InChI is InChI=1S/C14H20N2O4.ClH/c1-19-13(17)12(8-9-15-14(18)20-2)16-10-11-6-4-3-5-7-11;/h3-7,12,16H,8-10H2,1-2H3,(H,15,18);1H/t12-;/m0./s1. The van der Waals surface area contributed by atoms with Crippen LogP contribution in [0.3, 0.4) is 0 Å². The first kappa shape index (κ1) is 19.2. The van der Waals surface area contributed by atoms with Crippen LogP contribution in [0.2, 0.25) is 0 Å². The minimum atomic E-state index is -0.517. The van der Waals surface area contributed by atoms with Crippen LogP contribution in [0.15, 0.2) is 30.3 Å². The predicted octanol–water partition coefficient (Wildman–Crippen LogP) is 1.49. The van der Waals surface area contributed by atoms with Gasteiger partial charge in [-0.2, -0.15) is 0 Å². The molecule has 0 aliphatic rings. The lowest BCUT2D eigenvalue weighted by atomic mass is 10.1. The molecule has 0 aromatic heterocycles. The van der Waals surface area contributed by atoms with Crippen molar-refractivity contribution in [2.75, 3.05) is 20.8 Å². The van der Waals surface area contributed by atoms with E-state index in [1.54, 1.807) is 0 Å². The van der Waals surface area contributed by atoms with Gasteiger partial charge < -0.3 is 20.1 Å². The summed E-state index contributed by atoms with van der Waals surface area (Å²) in [6, 6.07) is 9.26. The number of ether oxygens (including phenoxy) is 2. The van der Waals surface area contributed by atoms with E-state index in [-0.39, 0.29) is 18.4 Å². The molecular weight excluding hydrogens is 296 g/mol. The molecule has 2 N–H and O–H groups in total. The molecule has 0 saturated heterocycles. The Kier molecular flexibility index (Phi) is 10.0. The Bertz CT molecular complexity index is 428. The fraction of sp³-hybridized carbons (Fsp3) is 0.429. The van der Waals surface area contributed by atoms with Crippen LogP contribution in [0.25, 0.3) is 0 Å². The van der Waals surface area contributed by atoms with Gasteiger partial charge in [0.2, 0.25) is 0 Å². The lowest BCUT2D eigenvalue weighted by Gasteiger charge is -2.16. The fourth-order valence-electron chi connectivity index (χ4n) is 1.67.